The average molecular weight is 574 g/mol. The predicted octanol–water partition coefficient (Wildman–Crippen LogP) is 7.15. The van der Waals surface area contributed by atoms with Gasteiger partial charge in [-0.25, -0.2) is 0 Å². The molecule has 3 fully saturated rings. The molecule has 5 aliphatic carbocycles. The quantitative estimate of drug-likeness (QED) is 0.353. The number of nitrogens with two attached hydrogens (primary N) is 1. The molecule has 7 heteroatoms. The van der Waals surface area contributed by atoms with Gasteiger partial charge >= 0.3 is 5.97 Å². The summed E-state index contributed by atoms with van der Waals surface area (Å²) in [5.41, 5.74) is 12.4. The Hall–Kier alpha value is -2.57. The van der Waals surface area contributed by atoms with Gasteiger partial charge in [-0.1, -0.05) is 54.0 Å². The first kappa shape index (κ1) is 28.2. The van der Waals surface area contributed by atoms with Gasteiger partial charge in [-0.15, -0.1) is 0 Å². The Kier molecular flexibility index (Phi) is 5.59. The van der Waals surface area contributed by atoms with Crippen molar-refractivity contribution in [2.75, 3.05) is 5.73 Å². The number of anilines is 1. The third kappa shape index (κ3) is 3.31. The molecule has 7 rings (SSSR count). The lowest BCUT2D eigenvalue weighted by Crippen LogP contribution is -2.65. The van der Waals surface area contributed by atoms with E-state index in [1.807, 2.05) is 17.9 Å². The molecule has 0 radical (unpaired) electrons. The molecule has 0 aliphatic heterocycles. The zero-order chi connectivity index (χ0) is 30.3. The molecule has 5 aliphatic rings. The molecule has 7 nitrogen and oxygen atoms in total. The normalized spacial score (nSPS) is 41.7. The number of rotatable bonds is 2. The van der Waals surface area contributed by atoms with E-state index < -0.39 is 11.4 Å². The summed E-state index contributed by atoms with van der Waals surface area (Å²) in [5.74, 6) is 1.07. The number of allylic oxidation sites excluding steroid dienone is 2. The second kappa shape index (κ2) is 8.32. The van der Waals surface area contributed by atoms with Crippen molar-refractivity contribution in [3.05, 3.63) is 34.8 Å². The lowest BCUT2D eigenvalue weighted by atomic mass is 9.33. The third-order valence-electron chi connectivity index (χ3n) is 14.4. The van der Waals surface area contributed by atoms with Gasteiger partial charge in [0.05, 0.1) is 11.6 Å². The van der Waals surface area contributed by atoms with Crippen LogP contribution < -0.4 is 5.73 Å². The summed E-state index contributed by atoms with van der Waals surface area (Å²) in [4.78, 5) is 13.3. The Morgan fingerprint density at radius 2 is 1.76 bits per heavy atom. The standard InChI is InChI=1S/C35H51N5O2/c1-30(2)11-13-35(29(41)42)14-12-34(7)26(23(35)17-30)21(20-18-37-40(8)19-20)15-25-32(5)16-22-27(38-39-28(22)36)31(3,4)24(32)9-10-33(25,34)6/h18-19,23-25H,9-17H2,1-8H3,(H,41,42)(H3,36,38,39)/t23?,24?,25?,32-,33+,34+,35-/m0/s1. The van der Waals surface area contributed by atoms with Crippen LogP contribution in [0.5, 0.6) is 0 Å². The second-order valence-electron chi connectivity index (χ2n) is 17.1. The molecule has 0 spiro atoms. The number of nitrogens with zero attached hydrogens (tertiary/aromatic N) is 3. The van der Waals surface area contributed by atoms with Crippen LogP contribution in [0.15, 0.2) is 18.0 Å². The number of carboxylic acid groups (broad SMARTS) is 1. The van der Waals surface area contributed by atoms with Crippen LogP contribution in [-0.2, 0) is 23.7 Å². The van der Waals surface area contributed by atoms with Crippen molar-refractivity contribution in [2.45, 2.75) is 112 Å². The first-order valence-corrected chi connectivity index (χ1v) is 16.3. The summed E-state index contributed by atoms with van der Waals surface area (Å²) in [5, 5.41) is 23.4. The molecular formula is C35H51N5O2. The SMILES string of the molecule is Cn1cc(C2=C3C4CC(C)(C)CC[C@]4(C(=O)O)CC[C@@]3(C)[C@]3(C)CCC4C(C)(C)c5[nH]nc(N)c5C[C@]4(C)C3C2)cn1. The number of H-pyrrole nitrogens is 1. The van der Waals surface area contributed by atoms with E-state index >= 15 is 0 Å². The Morgan fingerprint density at radius 3 is 2.43 bits per heavy atom. The Labute approximate surface area is 251 Å². The van der Waals surface area contributed by atoms with Gasteiger partial charge in [-0.05, 0) is 103 Å². The number of carbonyl (C=O) groups is 1. The molecule has 2 heterocycles. The van der Waals surface area contributed by atoms with Crippen molar-refractivity contribution in [3.8, 4) is 0 Å². The second-order valence-corrected chi connectivity index (χ2v) is 17.1. The van der Waals surface area contributed by atoms with Crippen LogP contribution >= 0.6 is 0 Å². The number of aryl methyl sites for hydroxylation is 1. The van der Waals surface area contributed by atoms with Gasteiger partial charge in [-0.3, -0.25) is 14.6 Å². The van der Waals surface area contributed by atoms with Crippen LogP contribution in [0, 0.1) is 44.8 Å². The maximum Gasteiger partial charge on any atom is 0.310 e. The number of fused-ring (bicyclic) bond motifs is 8. The first-order valence-electron chi connectivity index (χ1n) is 16.3. The summed E-state index contributed by atoms with van der Waals surface area (Å²) < 4.78 is 1.92. The van der Waals surface area contributed by atoms with Crippen molar-refractivity contribution < 1.29 is 9.90 Å². The van der Waals surface area contributed by atoms with Crippen LogP contribution in [-0.4, -0.2) is 31.1 Å². The molecule has 2 aromatic rings. The molecule has 0 aromatic carbocycles. The van der Waals surface area contributed by atoms with Crippen LogP contribution in [0.1, 0.15) is 117 Å². The third-order valence-corrected chi connectivity index (χ3v) is 14.4. The fraction of sp³-hybridized carbons (Fsp3) is 0.743. The molecule has 42 heavy (non-hydrogen) atoms. The van der Waals surface area contributed by atoms with Crippen molar-refractivity contribution >= 4 is 17.4 Å². The lowest BCUT2D eigenvalue weighted by Gasteiger charge is -2.71. The molecule has 3 unspecified atom stereocenters. The number of aromatic amines is 1. The average Bonchev–Trinajstić information content (AvgIpc) is 3.49. The van der Waals surface area contributed by atoms with Crippen molar-refractivity contribution in [2.24, 2.45) is 51.9 Å². The van der Waals surface area contributed by atoms with Crippen molar-refractivity contribution in [3.63, 3.8) is 0 Å². The number of aromatic nitrogens is 4. The minimum atomic E-state index is -0.672. The van der Waals surface area contributed by atoms with E-state index in [9.17, 15) is 9.90 Å². The highest BCUT2D eigenvalue weighted by molar-refractivity contribution is 5.80. The summed E-state index contributed by atoms with van der Waals surface area (Å²) in [6.07, 6.45) is 12.9. The van der Waals surface area contributed by atoms with Gasteiger partial charge in [0.15, 0.2) is 0 Å². The Balaban J connectivity index is 1.48. The maximum absolute atomic E-state index is 13.3. The zero-order valence-electron chi connectivity index (χ0n) is 27.0. The van der Waals surface area contributed by atoms with Crippen LogP contribution in [0.4, 0.5) is 5.82 Å². The lowest BCUT2D eigenvalue weighted by molar-refractivity contribution is -0.175. The fourth-order valence-electron chi connectivity index (χ4n) is 12.0. The smallest absolute Gasteiger partial charge is 0.310 e. The summed E-state index contributed by atoms with van der Waals surface area (Å²) in [7, 11) is 2.00. The molecule has 2 aromatic heterocycles. The summed E-state index contributed by atoms with van der Waals surface area (Å²) >= 11 is 0. The van der Waals surface area contributed by atoms with Crippen molar-refractivity contribution in [1.29, 1.82) is 0 Å². The van der Waals surface area contributed by atoms with Gasteiger partial charge in [-0.2, -0.15) is 10.2 Å². The summed E-state index contributed by atoms with van der Waals surface area (Å²) in [6, 6.07) is 0. The van der Waals surface area contributed by atoms with E-state index in [-0.39, 0.29) is 33.0 Å². The van der Waals surface area contributed by atoms with E-state index in [2.05, 4.69) is 70.0 Å². The fourth-order valence-corrected chi connectivity index (χ4v) is 12.0. The highest BCUT2D eigenvalue weighted by atomic mass is 16.4. The minimum Gasteiger partial charge on any atom is -0.481 e. The number of nitrogens with one attached hydrogen (secondary N) is 1. The van der Waals surface area contributed by atoms with Gasteiger partial charge in [0.1, 0.15) is 5.82 Å². The van der Waals surface area contributed by atoms with E-state index in [0.717, 1.165) is 51.4 Å². The number of hydrogen-bond donors (Lipinski definition) is 3. The first-order chi connectivity index (χ1) is 19.5. The van der Waals surface area contributed by atoms with Crippen LogP contribution in [0.25, 0.3) is 5.57 Å². The number of hydrogen-bond acceptors (Lipinski definition) is 4. The minimum absolute atomic E-state index is 0.0384. The Morgan fingerprint density at radius 1 is 1.05 bits per heavy atom. The molecule has 228 valence electrons. The number of nitrogen functional groups attached to an aromatic ring is 1. The molecule has 0 saturated heterocycles. The van der Waals surface area contributed by atoms with Gasteiger partial charge in [0.25, 0.3) is 0 Å². The van der Waals surface area contributed by atoms with Gasteiger partial charge in [0.2, 0.25) is 0 Å². The Bertz CT molecular complexity index is 1510. The van der Waals surface area contributed by atoms with Crippen LogP contribution in [0.2, 0.25) is 0 Å². The predicted molar refractivity (Wildman–Crippen MR) is 165 cm³/mol. The van der Waals surface area contributed by atoms with Crippen molar-refractivity contribution in [1.82, 2.24) is 20.0 Å². The van der Waals surface area contributed by atoms with E-state index in [1.165, 1.54) is 34.4 Å². The molecule has 0 amide bonds. The monoisotopic (exact) mass is 573 g/mol. The molecule has 3 saturated carbocycles. The van der Waals surface area contributed by atoms with E-state index in [1.54, 1.807) is 0 Å². The number of aliphatic carboxylic acids is 1. The topological polar surface area (TPSA) is 110 Å². The highest BCUT2D eigenvalue weighted by Crippen LogP contribution is 2.77. The molecular weight excluding hydrogens is 522 g/mol. The van der Waals surface area contributed by atoms with Gasteiger partial charge in [0, 0.05) is 35.5 Å². The molecule has 4 N–H and O–H groups in total. The number of carboxylic acids is 1. The summed E-state index contributed by atoms with van der Waals surface area (Å²) in [6.45, 7) is 17.2. The van der Waals surface area contributed by atoms with Crippen LogP contribution in [0.3, 0.4) is 0 Å². The zero-order valence-corrected chi connectivity index (χ0v) is 27.0. The van der Waals surface area contributed by atoms with E-state index in [0.29, 0.717) is 17.7 Å². The maximum atomic E-state index is 13.3. The van der Waals surface area contributed by atoms with E-state index in [4.69, 9.17) is 5.73 Å². The highest BCUT2D eigenvalue weighted by Gasteiger charge is 2.70. The molecule has 0 bridgehead atoms. The largest absolute Gasteiger partial charge is 0.481 e. The molecule has 7 atom stereocenters. The van der Waals surface area contributed by atoms with Gasteiger partial charge < -0.3 is 10.8 Å².